The summed E-state index contributed by atoms with van der Waals surface area (Å²) in [6.45, 7) is 4.02. The molecule has 22 heavy (non-hydrogen) atoms. The quantitative estimate of drug-likeness (QED) is 0.757. The Balaban J connectivity index is 2.28. The molecular formula is C16H22N2O3S. The Hall–Kier alpha value is -1.79. The van der Waals surface area contributed by atoms with E-state index in [1.54, 1.807) is 32.7 Å². The highest BCUT2D eigenvalue weighted by atomic mass is 32.1. The summed E-state index contributed by atoms with van der Waals surface area (Å²) in [5.74, 6) is 1.88. The van der Waals surface area contributed by atoms with Gasteiger partial charge >= 0.3 is 0 Å². The SMILES string of the molecule is CCNCCc1csc(-c2cc(OC)c(OC)c(OC)c2)n1. The summed E-state index contributed by atoms with van der Waals surface area (Å²) in [5.41, 5.74) is 2.06. The predicted molar refractivity (Wildman–Crippen MR) is 89.5 cm³/mol. The van der Waals surface area contributed by atoms with Gasteiger partial charge in [-0.3, -0.25) is 0 Å². The van der Waals surface area contributed by atoms with Gasteiger partial charge in [-0.05, 0) is 18.7 Å². The molecule has 0 aliphatic heterocycles. The average Bonchev–Trinajstić information content (AvgIpc) is 3.02. The van der Waals surface area contributed by atoms with Gasteiger partial charge in [0.2, 0.25) is 5.75 Å². The Labute approximate surface area is 135 Å². The van der Waals surface area contributed by atoms with Crippen molar-refractivity contribution < 1.29 is 14.2 Å². The molecule has 120 valence electrons. The van der Waals surface area contributed by atoms with Gasteiger partial charge in [0.1, 0.15) is 5.01 Å². The van der Waals surface area contributed by atoms with Gasteiger partial charge in [0.15, 0.2) is 11.5 Å². The third-order valence-corrected chi connectivity index (χ3v) is 4.21. The normalized spacial score (nSPS) is 10.5. The van der Waals surface area contributed by atoms with Crippen molar-refractivity contribution in [3.8, 4) is 27.8 Å². The van der Waals surface area contributed by atoms with Crippen molar-refractivity contribution >= 4 is 11.3 Å². The first-order chi connectivity index (χ1) is 10.7. The van der Waals surface area contributed by atoms with E-state index in [1.165, 1.54) is 0 Å². The molecule has 0 aliphatic rings. The van der Waals surface area contributed by atoms with E-state index in [-0.39, 0.29) is 0 Å². The van der Waals surface area contributed by atoms with Crippen molar-refractivity contribution in [2.24, 2.45) is 0 Å². The predicted octanol–water partition coefficient (Wildman–Crippen LogP) is 2.99. The number of nitrogens with one attached hydrogen (secondary N) is 1. The molecule has 0 bridgehead atoms. The lowest BCUT2D eigenvalue weighted by Crippen LogP contribution is -2.16. The average molecular weight is 322 g/mol. The van der Waals surface area contributed by atoms with Crippen LogP contribution in [0.3, 0.4) is 0 Å². The molecule has 1 heterocycles. The lowest BCUT2D eigenvalue weighted by atomic mass is 10.2. The zero-order valence-electron chi connectivity index (χ0n) is 13.4. The van der Waals surface area contributed by atoms with Gasteiger partial charge in [-0.15, -0.1) is 11.3 Å². The van der Waals surface area contributed by atoms with Crippen LogP contribution >= 0.6 is 11.3 Å². The molecule has 0 saturated carbocycles. The van der Waals surface area contributed by atoms with E-state index in [0.717, 1.165) is 35.8 Å². The Kier molecular flexibility index (Phi) is 6.03. The summed E-state index contributed by atoms with van der Waals surface area (Å²) in [4.78, 5) is 4.69. The highest BCUT2D eigenvalue weighted by Gasteiger charge is 2.15. The molecule has 6 heteroatoms. The van der Waals surface area contributed by atoms with Crippen molar-refractivity contribution in [1.82, 2.24) is 10.3 Å². The highest BCUT2D eigenvalue weighted by Crippen LogP contribution is 2.41. The molecule has 1 aromatic heterocycles. The van der Waals surface area contributed by atoms with Crippen molar-refractivity contribution in [3.63, 3.8) is 0 Å². The van der Waals surface area contributed by atoms with Crippen LogP contribution in [0.1, 0.15) is 12.6 Å². The number of thiazole rings is 1. The largest absolute Gasteiger partial charge is 0.493 e. The van der Waals surface area contributed by atoms with Crippen LogP contribution in [0.2, 0.25) is 0 Å². The molecule has 0 saturated heterocycles. The summed E-state index contributed by atoms with van der Waals surface area (Å²) in [7, 11) is 4.83. The molecule has 0 fully saturated rings. The fourth-order valence-corrected chi connectivity index (χ4v) is 2.99. The minimum atomic E-state index is 0.595. The van der Waals surface area contributed by atoms with Crippen LogP contribution in [0.5, 0.6) is 17.2 Å². The number of aromatic nitrogens is 1. The zero-order valence-corrected chi connectivity index (χ0v) is 14.3. The molecule has 5 nitrogen and oxygen atoms in total. The fourth-order valence-electron chi connectivity index (χ4n) is 2.15. The Morgan fingerprint density at radius 2 is 1.77 bits per heavy atom. The summed E-state index contributed by atoms with van der Waals surface area (Å²) < 4.78 is 16.1. The molecular weight excluding hydrogens is 300 g/mol. The topological polar surface area (TPSA) is 52.6 Å². The third-order valence-electron chi connectivity index (χ3n) is 3.27. The highest BCUT2D eigenvalue weighted by molar-refractivity contribution is 7.13. The van der Waals surface area contributed by atoms with Crippen LogP contribution < -0.4 is 19.5 Å². The van der Waals surface area contributed by atoms with Gasteiger partial charge < -0.3 is 19.5 Å². The maximum Gasteiger partial charge on any atom is 0.203 e. The Bertz CT molecular complexity index is 588. The van der Waals surface area contributed by atoms with E-state index in [2.05, 4.69) is 22.6 Å². The Morgan fingerprint density at radius 3 is 2.32 bits per heavy atom. The Morgan fingerprint density at radius 1 is 1.09 bits per heavy atom. The van der Waals surface area contributed by atoms with Crippen LogP contribution in [0, 0.1) is 0 Å². The van der Waals surface area contributed by atoms with E-state index in [4.69, 9.17) is 14.2 Å². The number of hydrogen-bond donors (Lipinski definition) is 1. The number of benzene rings is 1. The zero-order chi connectivity index (χ0) is 15.9. The number of hydrogen-bond acceptors (Lipinski definition) is 6. The lowest BCUT2D eigenvalue weighted by Gasteiger charge is -2.13. The van der Waals surface area contributed by atoms with Crippen LogP contribution in [-0.4, -0.2) is 39.4 Å². The van der Waals surface area contributed by atoms with Crippen molar-refractivity contribution in [2.75, 3.05) is 34.4 Å². The molecule has 0 spiro atoms. The van der Waals surface area contributed by atoms with Gasteiger partial charge in [0.25, 0.3) is 0 Å². The van der Waals surface area contributed by atoms with Crippen LogP contribution in [0.4, 0.5) is 0 Å². The second kappa shape index (κ2) is 8.00. The maximum atomic E-state index is 5.39. The van der Waals surface area contributed by atoms with Crippen molar-refractivity contribution in [2.45, 2.75) is 13.3 Å². The van der Waals surface area contributed by atoms with Crippen LogP contribution in [0.25, 0.3) is 10.6 Å². The molecule has 2 aromatic rings. The molecule has 0 unspecified atom stereocenters. The maximum absolute atomic E-state index is 5.39. The fraction of sp³-hybridized carbons (Fsp3) is 0.438. The van der Waals surface area contributed by atoms with Gasteiger partial charge in [-0.1, -0.05) is 6.92 Å². The van der Waals surface area contributed by atoms with Crippen LogP contribution in [0.15, 0.2) is 17.5 Å². The number of nitrogens with zero attached hydrogens (tertiary/aromatic N) is 1. The van der Waals surface area contributed by atoms with Crippen LogP contribution in [-0.2, 0) is 6.42 Å². The number of likely N-dealkylation sites (N-methyl/N-ethyl adjacent to an activating group) is 1. The lowest BCUT2D eigenvalue weighted by molar-refractivity contribution is 0.324. The van der Waals surface area contributed by atoms with Crippen molar-refractivity contribution in [1.29, 1.82) is 0 Å². The van der Waals surface area contributed by atoms with E-state index >= 15 is 0 Å². The monoisotopic (exact) mass is 322 g/mol. The summed E-state index contributed by atoms with van der Waals surface area (Å²) in [6.07, 6.45) is 0.925. The smallest absolute Gasteiger partial charge is 0.203 e. The van der Waals surface area contributed by atoms with Gasteiger partial charge in [-0.25, -0.2) is 4.98 Å². The minimum Gasteiger partial charge on any atom is -0.493 e. The summed E-state index contributed by atoms with van der Waals surface area (Å²) in [6, 6.07) is 3.85. The molecule has 0 radical (unpaired) electrons. The number of methoxy groups -OCH3 is 3. The summed E-state index contributed by atoms with van der Waals surface area (Å²) >= 11 is 1.62. The van der Waals surface area contributed by atoms with Gasteiger partial charge in [0, 0.05) is 23.9 Å². The number of rotatable bonds is 8. The molecule has 0 aliphatic carbocycles. The molecule has 1 aromatic carbocycles. The molecule has 0 atom stereocenters. The summed E-state index contributed by atoms with van der Waals surface area (Å²) in [5, 5.41) is 6.35. The van der Waals surface area contributed by atoms with E-state index in [0.29, 0.717) is 17.2 Å². The standard InChI is InChI=1S/C16H22N2O3S/c1-5-17-7-6-12-10-22-16(18-12)11-8-13(19-2)15(21-4)14(9-11)20-3/h8-10,17H,5-7H2,1-4H3. The first-order valence-electron chi connectivity index (χ1n) is 7.19. The molecule has 1 N–H and O–H groups in total. The first-order valence-corrected chi connectivity index (χ1v) is 8.06. The van der Waals surface area contributed by atoms with E-state index in [9.17, 15) is 0 Å². The van der Waals surface area contributed by atoms with Gasteiger partial charge in [-0.2, -0.15) is 0 Å². The number of ether oxygens (including phenoxy) is 3. The second-order valence-electron chi connectivity index (χ2n) is 4.66. The second-order valence-corrected chi connectivity index (χ2v) is 5.52. The minimum absolute atomic E-state index is 0.595. The molecule has 0 amide bonds. The van der Waals surface area contributed by atoms with Gasteiger partial charge in [0.05, 0.1) is 27.0 Å². The third kappa shape index (κ3) is 3.69. The van der Waals surface area contributed by atoms with E-state index in [1.807, 2.05) is 12.1 Å². The molecule has 2 rings (SSSR count). The van der Waals surface area contributed by atoms with E-state index < -0.39 is 0 Å². The first kappa shape index (κ1) is 16.6. The van der Waals surface area contributed by atoms with Crippen molar-refractivity contribution in [3.05, 3.63) is 23.2 Å².